The minimum atomic E-state index is 0.385. The molecule has 2 aromatic rings. The summed E-state index contributed by atoms with van der Waals surface area (Å²) >= 11 is 5.84. The van der Waals surface area contributed by atoms with Gasteiger partial charge in [0.05, 0.1) is 7.11 Å². The molecule has 0 atom stereocenters. The number of methoxy groups -OCH3 is 1. The third-order valence-electron chi connectivity index (χ3n) is 2.61. The zero-order chi connectivity index (χ0) is 14.4. The van der Waals surface area contributed by atoms with E-state index in [0.717, 1.165) is 12.1 Å². The molecule has 0 aliphatic heterocycles. The van der Waals surface area contributed by atoms with E-state index in [0.29, 0.717) is 29.1 Å². The van der Waals surface area contributed by atoms with E-state index in [-0.39, 0.29) is 0 Å². The SMILES string of the molecule is CCNc1ncnc(OCc2ccc(Cl)cc2)c1OC. The maximum absolute atomic E-state index is 5.84. The molecule has 0 aliphatic rings. The molecule has 0 radical (unpaired) electrons. The summed E-state index contributed by atoms with van der Waals surface area (Å²) in [5, 5.41) is 3.80. The molecule has 0 aliphatic carbocycles. The third-order valence-corrected chi connectivity index (χ3v) is 2.86. The molecule has 0 unspecified atom stereocenters. The van der Waals surface area contributed by atoms with Crippen LogP contribution < -0.4 is 14.8 Å². The summed E-state index contributed by atoms with van der Waals surface area (Å²) in [6.45, 7) is 3.11. The third kappa shape index (κ3) is 3.51. The number of ether oxygens (including phenoxy) is 2. The topological polar surface area (TPSA) is 56.3 Å². The van der Waals surface area contributed by atoms with Gasteiger partial charge in [-0.05, 0) is 24.6 Å². The normalized spacial score (nSPS) is 10.2. The molecule has 1 N–H and O–H groups in total. The van der Waals surface area contributed by atoms with Crippen molar-refractivity contribution in [2.24, 2.45) is 0 Å². The fourth-order valence-corrected chi connectivity index (χ4v) is 1.80. The van der Waals surface area contributed by atoms with E-state index in [9.17, 15) is 0 Å². The summed E-state index contributed by atoms with van der Waals surface area (Å²) in [5.74, 6) is 1.54. The molecule has 0 amide bonds. The molecule has 20 heavy (non-hydrogen) atoms. The number of rotatable bonds is 6. The first-order valence-electron chi connectivity index (χ1n) is 6.24. The second kappa shape index (κ2) is 6.96. The Bertz CT molecular complexity index is 561. The maximum atomic E-state index is 5.84. The largest absolute Gasteiger partial charge is 0.489 e. The molecule has 1 aromatic heterocycles. The van der Waals surface area contributed by atoms with Gasteiger partial charge in [0, 0.05) is 11.6 Å². The van der Waals surface area contributed by atoms with Gasteiger partial charge in [-0.1, -0.05) is 23.7 Å². The maximum Gasteiger partial charge on any atom is 0.262 e. The van der Waals surface area contributed by atoms with Crippen LogP contribution in [-0.2, 0) is 6.61 Å². The highest BCUT2D eigenvalue weighted by atomic mass is 35.5. The number of halogens is 1. The van der Waals surface area contributed by atoms with Gasteiger partial charge in [0.15, 0.2) is 5.82 Å². The van der Waals surface area contributed by atoms with Gasteiger partial charge in [0.2, 0.25) is 5.75 Å². The molecule has 1 aromatic carbocycles. The van der Waals surface area contributed by atoms with Crippen molar-refractivity contribution in [2.75, 3.05) is 19.0 Å². The summed E-state index contributed by atoms with van der Waals surface area (Å²) in [5.41, 5.74) is 1.00. The number of anilines is 1. The van der Waals surface area contributed by atoms with Crippen molar-refractivity contribution in [3.05, 3.63) is 41.2 Å². The number of nitrogens with one attached hydrogen (secondary N) is 1. The summed E-state index contributed by atoms with van der Waals surface area (Å²) in [7, 11) is 1.56. The zero-order valence-corrected chi connectivity index (χ0v) is 12.1. The van der Waals surface area contributed by atoms with E-state index in [4.69, 9.17) is 21.1 Å². The lowest BCUT2D eigenvalue weighted by molar-refractivity contribution is 0.272. The first kappa shape index (κ1) is 14.4. The fourth-order valence-electron chi connectivity index (χ4n) is 1.67. The highest BCUT2D eigenvalue weighted by Gasteiger charge is 2.12. The lowest BCUT2D eigenvalue weighted by Gasteiger charge is -2.12. The van der Waals surface area contributed by atoms with Crippen LogP contribution in [0.3, 0.4) is 0 Å². The molecule has 2 rings (SSSR count). The highest BCUT2D eigenvalue weighted by molar-refractivity contribution is 6.30. The van der Waals surface area contributed by atoms with Gasteiger partial charge in [0.25, 0.3) is 5.88 Å². The zero-order valence-electron chi connectivity index (χ0n) is 11.4. The molecular weight excluding hydrogens is 278 g/mol. The Balaban J connectivity index is 2.12. The first-order chi connectivity index (χ1) is 9.74. The number of hydrogen-bond acceptors (Lipinski definition) is 5. The summed E-state index contributed by atoms with van der Waals surface area (Å²) < 4.78 is 11.0. The Hall–Kier alpha value is -2.01. The quantitative estimate of drug-likeness (QED) is 0.886. The van der Waals surface area contributed by atoms with Crippen molar-refractivity contribution < 1.29 is 9.47 Å². The van der Waals surface area contributed by atoms with Crippen LogP contribution in [0.15, 0.2) is 30.6 Å². The van der Waals surface area contributed by atoms with E-state index in [2.05, 4.69) is 15.3 Å². The lowest BCUT2D eigenvalue weighted by Crippen LogP contribution is -2.06. The van der Waals surface area contributed by atoms with Crippen LogP contribution in [0.1, 0.15) is 12.5 Å². The minimum absolute atomic E-state index is 0.385. The Labute approximate surface area is 122 Å². The van der Waals surface area contributed by atoms with Crippen LogP contribution in [-0.4, -0.2) is 23.6 Å². The average Bonchev–Trinajstić information content (AvgIpc) is 2.47. The van der Waals surface area contributed by atoms with Crippen LogP contribution in [0.25, 0.3) is 0 Å². The second-order valence-corrected chi connectivity index (χ2v) is 4.44. The fraction of sp³-hybridized carbons (Fsp3) is 0.286. The molecule has 106 valence electrons. The van der Waals surface area contributed by atoms with Crippen LogP contribution in [0.4, 0.5) is 5.82 Å². The summed E-state index contributed by atoms with van der Waals surface area (Å²) in [6.07, 6.45) is 1.44. The van der Waals surface area contributed by atoms with Gasteiger partial charge in [-0.2, -0.15) is 4.98 Å². The molecule has 1 heterocycles. The van der Waals surface area contributed by atoms with E-state index >= 15 is 0 Å². The molecular formula is C14H16ClN3O2. The first-order valence-corrected chi connectivity index (χ1v) is 6.62. The Kier molecular flexibility index (Phi) is 5.01. The van der Waals surface area contributed by atoms with E-state index in [1.165, 1.54) is 6.33 Å². The number of aromatic nitrogens is 2. The molecule has 0 bridgehead atoms. The molecule has 0 saturated carbocycles. The van der Waals surface area contributed by atoms with E-state index in [1.807, 2.05) is 31.2 Å². The van der Waals surface area contributed by atoms with Crippen LogP contribution >= 0.6 is 11.6 Å². The standard InChI is InChI=1S/C14H16ClN3O2/c1-3-16-13-12(19-2)14(18-9-17-13)20-8-10-4-6-11(15)7-5-10/h4-7,9H,3,8H2,1-2H3,(H,16,17,18). The smallest absolute Gasteiger partial charge is 0.262 e. The van der Waals surface area contributed by atoms with Gasteiger partial charge in [0.1, 0.15) is 12.9 Å². The van der Waals surface area contributed by atoms with Gasteiger partial charge in [-0.3, -0.25) is 0 Å². The number of hydrogen-bond donors (Lipinski definition) is 1. The van der Waals surface area contributed by atoms with Crippen LogP contribution in [0.5, 0.6) is 11.6 Å². The van der Waals surface area contributed by atoms with Crippen molar-refractivity contribution in [1.82, 2.24) is 9.97 Å². The van der Waals surface area contributed by atoms with Crippen molar-refractivity contribution in [1.29, 1.82) is 0 Å². The van der Waals surface area contributed by atoms with Crippen molar-refractivity contribution in [3.8, 4) is 11.6 Å². The Morgan fingerprint density at radius 3 is 2.60 bits per heavy atom. The molecule has 0 spiro atoms. The van der Waals surface area contributed by atoms with Crippen LogP contribution in [0, 0.1) is 0 Å². The summed E-state index contributed by atoms with van der Waals surface area (Å²) in [6, 6.07) is 7.45. The van der Waals surface area contributed by atoms with Gasteiger partial charge in [-0.25, -0.2) is 4.98 Å². The molecule has 0 fully saturated rings. The van der Waals surface area contributed by atoms with Gasteiger partial charge < -0.3 is 14.8 Å². The van der Waals surface area contributed by atoms with Crippen molar-refractivity contribution in [3.63, 3.8) is 0 Å². The van der Waals surface area contributed by atoms with Gasteiger partial charge >= 0.3 is 0 Å². The monoisotopic (exact) mass is 293 g/mol. The molecule has 0 saturated heterocycles. The minimum Gasteiger partial charge on any atom is -0.489 e. The Morgan fingerprint density at radius 1 is 1.20 bits per heavy atom. The van der Waals surface area contributed by atoms with Crippen LogP contribution in [0.2, 0.25) is 5.02 Å². The van der Waals surface area contributed by atoms with E-state index in [1.54, 1.807) is 7.11 Å². The van der Waals surface area contributed by atoms with Crippen molar-refractivity contribution >= 4 is 17.4 Å². The second-order valence-electron chi connectivity index (χ2n) is 4.01. The van der Waals surface area contributed by atoms with E-state index < -0.39 is 0 Å². The Morgan fingerprint density at radius 2 is 1.95 bits per heavy atom. The molecule has 5 nitrogen and oxygen atoms in total. The average molecular weight is 294 g/mol. The predicted octanol–water partition coefficient (Wildman–Crippen LogP) is 3.15. The van der Waals surface area contributed by atoms with Gasteiger partial charge in [-0.15, -0.1) is 0 Å². The summed E-state index contributed by atoms with van der Waals surface area (Å²) in [4.78, 5) is 8.22. The lowest BCUT2D eigenvalue weighted by atomic mass is 10.2. The number of benzene rings is 1. The molecule has 6 heteroatoms. The number of nitrogens with zero attached hydrogens (tertiary/aromatic N) is 2. The predicted molar refractivity (Wildman–Crippen MR) is 78.5 cm³/mol. The highest BCUT2D eigenvalue weighted by Crippen LogP contribution is 2.31. The van der Waals surface area contributed by atoms with Crippen molar-refractivity contribution in [2.45, 2.75) is 13.5 Å².